The van der Waals surface area contributed by atoms with Crippen molar-refractivity contribution in [1.29, 1.82) is 0 Å². The molecule has 27 heavy (non-hydrogen) atoms. The fourth-order valence-corrected chi connectivity index (χ4v) is 4.82. The molecule has 3 N–H and O–H groups in total. The van der Waals surface area contributed by atoms with Gasteiger partial charge in [-0.25, -0.2) is 8.42 Å². The lowest BCUT2D eigenvalue weighted by Crippen LogP contribution is -2.32. The second-order valence-corrected chi connectivity index (χ2v) is 8.73. The Kier molecular flexibility index (Phi) is 5.53. The molecule has 1 aliphatic rings. The number of benzene rings is 2. The summed E-state index contributed by atoms with van der Waals surface area (Å²) in [7, 11) is -2.39. The van der Waals surface area contributed by atoms with Crippen LogP contribution in [0.2, 0.25) is 0 Å². The van der Waals surface area contributed by atoms with Crippen molar-refractivity contribution in [2.24, 2.45) is 5.73 Å². The number of amides is 1. The Labute approximate surface area is 159 Å². The van der Waals surface area contributed by atoms with Gasteiger partial charge in [-0.05, 0) is 49.9 Å². The molecule has 0 saturated heterocycles. The minimum Gasteiger partial charge on any atom is -0.489 e. The van der Waals surface area contributed by atoms with Crippen LogP contribution in [0.25, 0.3) is 0 Å². The summed E-state index contributed by atoms with van der Waals surface area (Å²) < 4.78 is 32.4. The first-order chi connectivity index (χ1) is 12.8. The molecule has 2 aromatic rings. The minimum atomic E-state index is -3.86. The number of hydrogen-bond acceptors (Lipinski definition) is 5. The average molecular weight is 388 g/mol. The zero-order chi connectivity index (χ0) is 19.6. The van der Waals surface area contributed by atoms with Crippen molar-refractivity contribution >= 4 is 15.7 Å². The third-order valence-electron chi connectivity index (χ3n) is 4.65. The molecule has 0 saturated carbocycles. The SMILES string of the molecule is CNC(=O)c1c(S(=O)(=O)c2ccccc2)ccc2c1OC(CC(C)N)CC2. The standard InChI is InChI=1S/C20H24N2O4S/c1-13(21)12-15-10-8-14-9-11-17(18(19(14)26-15)20(23)22-2)27(24,25)16-6-4-3-5-7-16/h3-7,9,11,13,15H,8,10,12,21H2,1-2H3,(H,22,23). The van der Waals surface area contributed by atoms with Gasteiger partial charge in [-0.2, -0.15) is 0 Å². The lowest BCUT2D eigenvalue weighted by Gasteiger charge is -2.29. The van der Waals surface area contributed by atoms with Crippen molar-refractivity contribution in [3.05, 3.63) is 53.6 Å². The fourth-order valence-electron chi connectivity index (χ4n) is 3.35. The zero-order valence-electron chi connectivity index (χ0n) is 15.4. The maximum atomic E-state index is 13.2. The summed E-state index contributed by atoms with van der Waals surface area (Å²) in [6, 6.07) is 11.3. The number of rotatable bonds is 5. The van der Waals surface area contributed by atoms with E-state index < -0.39 is 15.7 Å². The summed E-state index contributed by atoms with van der Waals surface area (Å²) >= 11 is 0. The Hall–Kier alpha value is -2.38. The number of nitrogens with one attached hydrogen (secondary N) is 1. The molecule has 3 rings (SSSR count). The number of carbonyl (C=O) groups excluding carboxylic acids is 1. The minimum absolute atomic E-state index is 0.0452. The molecule has 7 heteroatoms. The maximum absolute atomic E-state index is 13.2. The largest absolute Gasteiger partial charge is 0.489 e. The first-order valence-corrected chi connectivity index (χ1v) is 10.4. The van der Waals surface area contributed by atoms with Crippen LogP contribution in [0.15, 0.2) is 52.3 Å². The molecule has 0 aromatic heterocycles. The molecule has 1 aliphatic heterocycles. The van der Waals surface area contributed by atoms with Gasteiger partial charge in [0.05, 0.1) is 9.79 Å². The number of ether oxygens (including phenoxy) is 1. The lowest BCUT2D eigenvalue weighted by molar-refractivity contribution is 0.0945. The monoisotopic (exact) mass is 388 g/mol. The average Bonchev–Trinajstić information content (AvgIpc) is 2.66. The Bertz CT molecular complexity index is 940. The Balaban J connectivity index is 2.15. The van der Waals surface area contributed by atoms with E-state index in [1.165, 1.54) is 25.2 Å². The molecule has 0 bridgehead atoms. The molecule has 144 valence electrons. The summed E-state index contributed by atoms with van der Waals surface area (Å²) in [6.07, 6.45) is 1.99. The van der Waals surface area contributed by atoms with Crippen molar-refractivity contribution in [2.75, 3.05) is 7.05 Å². The number of fused-ring (bicyclic) bond motifs is 1. The summed E-state index contributed by atoms with van der Waals surface area (Å²) in [5.74, 6) is -0.133. The molecule has 1 heterocycles. The molecule has 6 nitrogen and oxygen atoms in total. The van der Waals surface area contributed by atoms with Crippen LogP contribution in [0.5, 0.6) is 5.75 Å². The van der Waals surface area contributed by atoms with Gasteiger partial charge in [-0.15, -0.1) is 0 Å². The van der Waals surface area contributed by atoms with Crippen LogP contribution in [0.4, 0.5) is 0 Å². The smallest absolute Gasteiger partial charge is 0.256 e. The Morgan fingerprint density at radius 3 is 2.59 bits per heavy atom. The highest BCUT2D eigenvalue weighted by Crippen LogP contribution is 2.38. The van der Waals surface area contributed by atoms with Crippen LogP contribution in [0.3, 0.4) is 0 Å². The Morgan fingerprint density at radius 1 is 1.26 bits per heavy atom. The topological polar surface area (TPSA) is 98.5 Å². The van der Waals surface area contributed by atoms with Crippen LogP contribution >= 0.6 is 0 Å². The van der Waals surface area contributed by atoms with E-state index >= 15 is 0 Å². The molecular weight excluding hydrogens is 364 g/mol. The van der Waals surface area contributed by atoms with E-state index in [1.54, 1.807) is 24.3 Å². The molecule has 0 spiro atoms. The number of carbonyl (C=O) groups is 1. The number of aryl methyl sites for hydroxylation is 1. The van der Waals surface area contributed by atoms with Gasteiger partial charge in [0.2, 0.25) is 9.84 Å². The highest BCUT2D eigenvalue weighted by atomic mass is 32.2. The van der Waals surface area contributed by atoms with Crippen LogP contribution in [-0.4, -0.2) is 33.5 Å². The first-order valence-electron chi connectivity index (χ1n) is 8.95. The highest BCUT2D eigenvalue weighted by Gasteiger charge is 2.32. The van der Waals surface area contributed by atoms with E-state index in [0.717, 1.165) is 12.0 Å². The van der Waals surface area contributed by atoms with E-state index in [0.29, 0.717) is 18.6 Å². The van der Waals surface area contributed by atoms with E-state index in [2.05, 4.69) is 5.32 Å². The van der Waals surface area contributed by atoms with Gasteiger partial charge in [-0.3, -0.25) is 4.79 Å². The van der Waals surface area contributed by atoms with E-state index in [4.69, 9.17) is 10.5 Å². The molecule has 0 radical (unpaired) electrons. The van der Waals surface area contributed by atoms with Crippen molar-refractivity contribution in [3.63, 3.8) is 0 Å². The van der Waals surface area contributed by atoms with Gasteiger partial charge in [0.15, 0.2) is 0 Å². The first kappa shape index (κ1) is 19.4. The maximum Gasteiger partial charge on any atom is 0.256 e. The van der Waals surface area contributed by atoms with Crippen molar-refractivity contribution in [2.45, 2.75) is 48.1 Å². The van der Waals surface area contributed by atoms with E-state index in [-0.39, 0.29) is 27.5 Å². The molecule has 2 unspecified atom stereocenters. The zero-order valence-corrected chi connectivity index (χ0v) is 16.3. The molecular formula is C20H24N2O4S. The summed E-state index contributed by atoms with van der Waals surface area (Å²) in [6.45, 7) is 1.90. The van der Waals surface area contributed by atoms with Gasteiger partial charge in [-0.1, -0.05) is 24.3 Å². The van der Waals surface area contributed by atoms with Gasteiger partial charge >= 0.3 is 0 Å². The number of hydrogen-bond donors (Lipinski definition) is 2. The quantitative estimate of drug-likeness (QED) is 0.819. The van der Waals surface area contributed by atoms with Crippen LogP contribution < -0.4 is 15.8 Å². The predicted molar refractivity (Wildman–Crippen MR) is 103 cm³/mol. The van der Waals surface area contributed by atoms with Crippen LogP contribution in [0, 0.1) is 0 Å². The van der Waals surface area contributed by atoms with Crippen molar-refractivity contribution in [3.8, 4) is 5.75 Å². The molecule has 0 fully saturated rings. The van der Waals surface area contributed by atoms with E-state index in [1.807, 2.05) is 6.92 Å². The molecule has 1 amide bonds. The van der Waals surface area contributed by atoms with Gasteiger partial charge in [0.25, 0.3) is 5.91 Å². The normalized spacial score (nSPS) is 17.5. The van der Waals surface area contributed by atoms with Gasteiger partial charge in [0.1, 0.15) is 17.4 Å². The van der Waals surface area contributed by atoms with Crippen molar-refractivity contribution < 1.29 is 17.9 Å². The summed E-state index contributed by atoms with van der Waals surface area (Å²) in [5, 5.41) is 2.54. The van der Waals surface area contributed by atoms with Crippen LogP contribution in [0.1, 0.15) is 35.7 Å². The predicted octanol–water partition coefficient (Wildman–Crippen LogP) is 2.31. The lowest BCUT2D eigenvalue weighted by atomic mass is 9.96. The third kappa shape index (κ3) is 3.84. The molecule has 2 atom stereocenters. The van der Waals surface area contributed by atoms with Gasteiger partial charge in [0, 0.05) is 13.1 Å². The van der Waals surface area contributed by atoms with E-state index in [9.17, 15) is 13.2 Å². The second kappa shape index (κ2) is 7.70. The third-order valence-corrected chi connectivity index (χ3v) is 6.47. The van der Waals surface area contributed by atoms with Gasteiger partial charge < -0.3 is 15.8 Å². The Morgan fingerprint density at radius 2 is 1.96 bits per heavy atom. The summed E-state index contributed by atoms with van der Waals surface area (Å²) in [5.41, 5.74) is 6.79. The number of sulfone groups is 1. The second-order valence-electron chi connectivity index (χ2n) is 6.81. The van der Waals surface area contributed by atoms with Crippen LogP contribution in [-0.2, 0) is 16.3 Å². The van der Waals surface area contributed by atoms with Crippen molar-refractivity contribution in [1.82, 2.24) is 5.32 Å². The summed E-state index contributed by atoms with van der Waals surface area (Å²) in [4.78, 5) is 12.7. The molecule has 0 aliphatic carbocycles. The number of nitrogens with two attached hydrogens (primary N) is 1. The molecule has 2 aromatic carbocycles. The highest BCUT2D eigenvalue weighted by molar-refractivity contribution is 7.91. The fraction of sp³-hybridized carbons (Fsp3) is 0.350.